The Bertz CT molecular complexity index is 534. The molecule has 0 spiro atoms. The Hall–Kier alpha value is -1.89. The van der Waals surface area contributed by atoms with Crippen LogP contribution in [-0.4, -0.2) is 26.5 Å². The van der Waals surface area contributed by atoms with Gasteiger partial charge in [0.1, 0.15) is 0 Å². The molecule has 0 bridgehead atoms. The lowest BCUT2D eigenvalue weighted by Gasteiger charge is -2.06. The van der Waals surface area contributed by atoms with E-state index in [4.69, 9.17) is 5.11 Å². The number of nitrogens with zero attached hydrogens (tertiary/aromatic N) is 3. The average Bonchev–Trinajstić information content (AvgIpc) is 2.84. The van der Waals surface area contributed by atoms with Crippen molar-refractivity contribution in [3.8, 4) is 5.82 Å². The third kappa shape index (κ3) is 3.31. The van der Waals surface area contributed by atoms with E-state index in [1.54, 1.807) is 12.4 Å². The molecular weight excluding hydrogens is 259 g/mol. The summed E-state index contributed by atoms with van der Waals surface area (Å²) in [5.74, 6) is 0.322. The predicted molar refractivity (Wildman–Crippen MR) is 61.8 cm³/mol. The second-order valence-electron chi connectivity index (χ2n) is 4.02. The second kappa shape index (κ2) is 5.40. The third-order valence-corrected chi connectivity index (χ3v) is 2.57. The van der Waals surface area contributed by atoms with Crippen LogP contribution in [0.15, 0.2) is 30.7 Å². The van der Waals surface area contributed by atoms with Gasteiger partial charge >= 0.3 is 6.18 Å². The first-order valence-electron chi connectivity index (χ1n) is 5.69. The Morgan fingerprint density at radius 2 is 2.00 bits per heavy atom. The van der Waals surface area contributed by atoms with E-state index in [2.05, 4.69) is 10.1 Å². The second-order valence-corrected chi connectivity index (χ2v) is 4.02. The maximum atomic E-state index is 12.4. The molecule has 102 valence electrons. The number of alkyl halides is 3. The van der Waals surface area contributed by atoms with Crippen molar-refractivity contribution in [1.82, 2.24) is 14.8 Å². The Labute approximate surface area is 107 Å². The van der Waals surface area contributed by atoms with Crippen LogP contribution in [0.5, 0.6) is 0 Å². The Morgan fingerprint density at radius 3 is 2.58 bits per heavy atom. The zero-order valence-electron chi connectivity index (χ0n) is 9.93. The SMILES string of the molecule is OCCCc1cnn(-c2ccc(C(F)(F)F)cn2)c1. The standard InChI is InChI=1S/C12H12F3N3O/c13-12(14,15)10-3-4-11(16-7-10)18-8-9(6-17-18)2-1-5-19/h3-4,6-8,19H,1-2,5H2. The summed E-state index contributed by atoms with van der Waals surface area (Å²) in [7, 11) is 0. The number of rotatable bonds is 4. The molecule has 2 rings (SSSR count). The molecule has 4 nitrogen and oxygen atoms in total. The van der Waals surface area contributed by atoms with Crippen molar-refractivity contribution in [1.29, 1.82) is 0 Å². The average molecular weight is 271 g/mol. The fraction of sp³-hybridized carbons (Fsp3) is 0.333. The van der Waals surface area contributed by atoms with Gasteiger partial charge in [0.05, 0.1) is 11.8 Å². The number of halogens is 3. The van der Waals surface area contributed by atoms with E-state index in [0.29, 0.717) is 18.7 Å². The van der Waals surface area contributed by atoms with Crippen molar-refractivity contribution >= 4 is 0 Å². The first kappa shape index (κ1) is 13.5. The zero-order valence-corrected chi connectivity index (χ0v) is 9.93. The number of aromatic nitrogens is 3. The predicted octanol–water partition coefficient (Wildman–Crippen LogP) is 2.21. The molecule has 0 saturated carbocycles. The number of aryl methyl sites for hydroxylation is 1. The molecule has 2 aromatic heterocycles. The maximum Gasteiger partial charge on any atom is 0.417 e. The highest BCUT2D eigenvalue weighted by atomic mass is 19.4. The van der Waals surface area contributed by atoms with Crippen LogP contribution in [0.4, 0.5) is 13.2 Å². The van der Waals surface area contributed by atoms with Gasteiger partial charge < -0.3 is 5.11 Å². The van der Waals surface area contributed by atoms with Crippen LogP contribution in [0.3, 0.4) is 0 Å². The van der Waals surface area contributed by atoms with Crippen LogP contribution < -0.4 is 0 Å². The van der Waals surface area contributed by atoms with E-state index < -0.39 is 11.7 Å². The highest BCUT2D eigenvalue weighted by molar-refractivity contribution is 5.27. The van der Waals surface area contributed by atoms with Crippen molar-refractivity contribution < 1.29 is 18.3 Å². The van der Waals surface area contributed by atoms with E-state index in [1.807, 2.05) is 0 Å². The zero-order chi connectivity index (χ0) is 13.9. The van der Waals surface area contributed by atoms with Crippen molar-refractivity contribution in [2.45, 2.75) is 19.0 Å². The molecule has 0 saturated heterocycles. The summed E-state index contributed by atoms with van der Waals surface area (Å²) >= 11 is 0. The highest BCUT2D eigenvalue weighted by Gasteiger charge is 2.30. The van der Waals surface area contributed by atoms with Crippen LogP contribution >= 0.6 is 0 Å². The minimum absolute atomic E-state index is 0.0870. The number of aliphatic hydroxyl groups is 1. The molecule has 0 aromatic carbocycles. The normalized spacial score (nSPS) is 11.8. The summed E-state index contributed by atoms with van der Waals surface area (Å²) < 4.78 is 38.5. The largest absolute Gasteiger partial charge is 0.417 e. The van der Waals surface area contributed by atoms with Crippen molar-refractivity contribution in [3.63, 3.8) is 0 Å². The minimum atomic E-state index is -4.39. The molecule has 7 heteroatoms. The van der Waals surface area contributed by atoms with Crippen molar-refractivity contribution in [3.05, 3.63) is 41.9 Å². The van der Waals surface area contributed by atoms with Gasteiger partial charge in [-0.25, -0.2) is 9.67 Å². The van der Waals surface area contributed by atoms with Crippen LogP contribution in [0.2, 0.25) is 0 Å². The Balaban J connectivity index is 2.16. The summed E-state index contributed by atoms with van der Waals surface area (Å²) in [6, 6.07) is 2.24. The van der Waals surface area contributed by atoms with Gasteiger partial charge in [-0.05, 0) is 30.5 Å². The lowest BCUT2D eigenvalue weighted by Crippen LogP contribution is -2.06. The molecule has 1 N–H and O–H groups in total. The van der Waals surface area contributed by atoms with Gasteiger partial charge in [0.25, 0.3) is 0 Å². The molecule has 0 aliphatic rings. The molecule has 2 heterocycles. The number of hydrogen-bond acceptors (Lipinski definition) is 3. The molecule has 0 atom stereocenters. The monoisotopic (exact) mass is 271 g/mol. The molecule has 0 unspecified atom stereocenters. The summed E-state index contributed by atoms with van der Waals surface area (Å²) in [5, 5.41) is 12.7. The van der Waals surface area contributed by atoms with E-state index in [-0.39, 0.29) is 6.61 Å². The van der Waals surface area contributed by atoms with E-state index >= 15 is 0 Å². The van der Waals surface area contributed by atoms with E-state index in [1.165, 1.54) is 10.7 Å². The van der Waals surface area contributed by atoms with Crippen LogP contribution in [0.25, 0.3) is 5.82 Å². The molecule has 0 amide bonds. The number of aliphatic hydroxyl groups excluding tert-OH is 1. The van der Waals surface area contributed by atoms with Crippen LogP contribution in [-0.2, 0) is 12.6 Å². The maximum absolute atomic E-state index is 12.4. The molecule has 0 fully saturated rings. The van der Waals surface area contributed by atoms with Crippen molar-refractivity contribution in [2.75, 3.05) is 6.61 Å². The fourth-order valence-electron chi connectivity index (χ4n) is 1.59. The lowest BCUT2D eigenvalue weighted by atomic mass is 10.2. The summed E-state index contributed by atoms with van der Waals surface area (Å²) in [6.45, 7) is 0.0870. The van der Waals surface area contributed by atoms with E-state index in [0.717, 1.165) is 17.8 Å². The van der Waals surface area contributed by atoms with Gasteiger partial charge in [-0.15, -0.1) is 0 Å². The first-order chi connectivity index (χ1) is 9.00. The van der Waals surface area contributed by atoms with Gasteiger partial charge in [0.15, 0.2) is 5.82 Å². The summed E-state index contributed by atoms with van der Waals surface area (Å²) in [6.07, 6.45) is 0.968. The summed E-state index contributed by atoms with van der Waals surface area (Å²) in [4.78, 5) is 3.74. The number of hydrogen-bond donors (Lipinski definition) is 1. The fourth-order valence-corrected chi connectivity index (χ4v) is 1.59. The molecule has 0 aliphatic heterocycles. The minimum Gasteiger partial charge on any atom is -0.396 e. The third-order valence-electron chi connectivity index (χ3n) is 2.57. The van der Waals surface area contributed by atoms with E-state index in [9.17, 15) is 13.2 Å². The van der Waals surface area contributed by atoms with Gasteiger partial charge in [-0.2, -0.15) is 18.3 Å². The number of pyridine rings is 1. The van der Waals surface area contributed by atoms with Crippen molar-refractivity contribution in [2.24, 2.45) is 0 Å². The topological polar surface area (TPSA) is 50.9 Å². The summed E-state index contributed by atoms with van der Waals surface area (Å²) in [5.41, 5.74) is 0.111. The van der Waals surface area contributed by atoms with Gasteiger partial charge in [0, 0.05) is 19.0 Å². The molecule has 19 heavy (non-hydrogen) atoms. The van der Waals surface area contributed by atoms with Gasteiger partial charge in [-0.1, -0.05) is 0 Å². The smallest absolute Gasteiger partial charge is 0.396 e. The molecule has 0 radical (unpaired) electrons. The quantitative estimate of drug-likeness (QED) is 0.927. The van der Waals surface area contributed by atoms with Crippen LogP contribution in [0, 0.1) is 0 Å². The Kier molecular flexibility index (Phi) is 3.84. The van der Waals surface area contributed by atoms with Gasteiger partial charge in [0.2, 0.25) is 0 Å². The molecule has 2 aromatic rings. The lowest BCUT2D eigenvalue weighted by molar-refractivity contribution is -0.137. The Morgan fingerprint density at radius 1 is 1.21 bits per heavy atom. The highest BCUT2D eigenvalue weighted by Crippen LogP contribution is 2.28. The molecule has 0 aliphatic carbocycles. The van der Waals surface area contributed by atoms with Gasteiger partial charge in [-0.3, -0.25) is 0 Å². The first-order valence-corrected chi connectivity index (χ1v) is 5.69. The molecular formula is C12H12F3N3O. The van der Waals surface area contributed by atoms with Crippen LogP contribution in [0.1, 0.15) is 17.5 Å².